The number of anilines is 1. The van der Waals surface area contributed by atoms with Gasteiger partial charge in [0.05, 0.1) is 23.0 Å². The van der Waals surface area contributed by atoms with E-state index in [4.69, 9.17) is 4.74 Å². The van der Waals surface area contributed by atoms with Crippen molar-refractivity contribution in [1.82, 2.24) is 19.7 Å². The second-order valence-electron chi connectivity index (χ2n) is 7.49. The summed E-state index contributed by atoms with van der Waals surface area (Å²) in [5.41, 5.74) is -0.816. The number of halogens is 3. The summed E-state index contributed by atoms with van der Waals surface area (Å²) in [6.07, 6.45) is -3.94. The average Bonchev–Trinajstić information content (AvgIpc) is 3.44. The smallest absolute Gasteiger partial charge is 0.434 e. The Morgan fingerprint density at radius 2 is 1.74 bits per heavy atom. The first-order valence-corrected chi connectivity index (χ1v) is 10.3. The Morgan fingerprint density at radius 1 is 0.971 bits per heavy atom. The fraction of sp³-hybridized carbons (Fsp3) is 0.0417. The van der Waals surface area contributed by atoms with Crippen LogP contribution in [0.2, 0.25) is 0 Å². The molecule has 2 heterocycles. The van der Waals surface area contributed by atoms with Crippen LogP contribution in [0.25, 0.3) is 16.7 Å². The molecule has 1 amide bonds. The summed E-state index contributed by atoms with van der Waals surface area (Å²) in [6.45, 7) is 0. The van der Waals surface area contributed by atoms with Gasteiger partial charge in [0.1, 0.15) is 11.3 Å². The third-order valence-corrected chi connectivity index (χ3v) is 5.12. The molecule has 0 saturated heterocycles. The number of nitrogens with one attached hydrogen (secondary N) is 3. The quantitative estimate of drug-likeness (QED) is 0.326. The van der Waals surface area contributed by atoms with E-state index in [0.717, 1.165) is 6.20 Å². The molecule has 5 rings (SSSR count). The second-order valence-corrected chi connectivity index (χ2v) is 7.49. The normalized spacial score (nSPS) is 11.5. The van der Waals surface area contributed by atoms with Gasteiger partial charge in [-0.05, 0) is 36.4 Å². The molecule has 0 bridgehead atoms. The standard InChI is InChI=1S/C24H16F3N5O3/c25-24(26,27)21-17(13-28-32(21)15-7-2-1-3-8-15)22(33)29-14-6-4-9-16(12-14)35-19-11-5-10-18-20(19)31-23(34)30-18/h1-13H,(H,29,33)(H2,30,31,34). The van der Waals surface area contributed by atoms with Crippen molar-refractivity contribution in [2.45, 2.75) is 6.18 Å². The molecule has 35 heavy (non-hydrogen) atoms. The molecular weight excluding hydrogens is 463 g/mol. The minimum absolute atomic E-state index is 0.172. The number of carbonyl (C=O) groups is 1. The van der Waals surface area contributed by atoms with Crippen molar-refractivity contribution < 1.29 is 22.7 Å². The van der Waals surface area contributed by atoms with Gasteiger partial charge in [-0.2, -0.15) is 18.3 Å². The number of nitrogens with zero attached hydrogens (tertiary/aromatic N) is 2. The molecular formula is C24H16F3N5O3. The molecule has 0 radical (unpaired) electrons. The van der Waals surface area contributed by atoms with E-state index in [2.05, 4.69) is 20.4 Å². The Morgan fingerprint density at radius 3 is 2.51 bits per heavy atom. The molecule has 0 fully saturated rings. The first kappa shape index (κ1) is 22.0. The van der Waals surface area contributed by atoms with Crippen LogP contribution in [0.15, 0.2) is 83.8 Å². The Bertz CT molecular complexity index is 1590. The minimum atomic E-state index is -4.82. The van der Waals surface area contributed by atoms with Gasteiger partial charge < -0.3 is 20.0 Å². The number of para-hydroxylation sites is 2. The van der Waals surface area contributed by atoms with Crippen LogP contribution < -0.4 is 15.7 Å². The molecule has 0 spiro atoms. The van der Waals surface area contributed by atoms with Crippen molar-refractivity contribution >= 4 is 22.6 Å². The van der Waals surface area contributed by atoms with E-state index in [1.165, 1.54) is 24.3 Å². The number of carbonyl (C=O) groups excluding carboxylic acids is 1. The van der Waals surface area contributed by atoms with Gasteiger partial charge in [0, 0.05) is 11.8 Å². The molecule has 0 aliphatic heterocycles. The number of ether oxygens (including phenoxy) is 1. The zero-order valence-corrected chi connectivity index (χ0v) is 17.8. The maximum atomic E-state index is 13.9. The van der Waals surface area contributed by atoms with Crippen molar-refractivity contribution in [1.29, 1.82) is 0 Å². The topological polar surface area (TPSA) is 105 Å². The van der Waals surface area contributed by atoms with Gasteiger partial charge >= 0.3 is 11.9 Å². The molecule has 8 nitrogen and oxygen atoms in total. The van der Waals surface area contributed by atoms with Gasteiger partial charge in [0.2, 0.25) is 0 Å². The van der Waals surface area contributed by atoms with Crippen molar-refractivity contribution in [2.75, 3.05) is 5.32 Å². The van der Waals surface area contributed by atoms with E-state index < -0.39 is 29.0 Å². The molecule has 0 atom stereocenters. The van der Waals surface area contributed by atoms with E-state index in [0.29, 0.717) is 27.2 Å². The Hall–Kier alpha value is -4.80. The SMILES string of the molecule is O=C(Nc1cccc(Oc2cccc3[nH]c(=O)[nH]c23)c1)c1cnn(-c2ccccc2)c1C(F)(F)F. The van der Waals surface area contributed by atoms with E-state index in [1.54, 1.807) is 48.5 Å². The summed E-state index contributed by atoms with van der Waals surface area (Å²) in [6, 6.07) is 18.9. The molecule has 2 aromatic heterocycles. The molecule has 176 valence electrons. The number of fused-ring (bicyclic) bond motifs is 1. The highest BCUT2D eigenvalue weighted by atomic mass is 19.4. The van der Waals surface area contributed by atoms with Crippen LogP contribution in [0.5, 0.6) is 11.5 Å². The average molecular weight is 479 g/mol. The molecule has 11 heteroatoms. The van der Waals surface area contributed by atoms with Gasteiger partial charge in [-0.1, -0.05) is 30.3 Å². The number of aromatic amines is 2. The van der Waals surface area contributed by atoms with E-state index in [9.17, 15) is 22.8 Å². The van der Waals surface area contributed by atoms with E-state index >= 15 is 0 Å². The number of rotatable bonds is 5. The van der Waals surface area contributed by atoms with Crippen LogP contribution >= 0.6 is 0 Å². The highest BCUT2D eigenvalue weighted by Crippen LogP contribution is 2.34. The zero-order valence-electron chi connectivity index (χ0n) is 17.8. The van der Waals surface area contributed by atoms with Crippen LogP contribution in [-0.2, 0) is 6.18 Å². The summed E-state index contributed by atoms with van der Waals surface area (Å²) >= 11 is 0. The number of aromatic nitrogens is 4. The molecule has 3 N–H and O–H groups in total. The number of hydrogen-bond donors (Lipinski definition) is 3. The maximum absolute atomic E-state index is 13.9. The number of alkyl halides is 3. The van der Waals surface area contributed by atoms with Gasteiger partial charge in [0.15, 0.2) is 11.4 Å². The molecule has 0 saturated carbocycles. The van der Waals surface area contributed by atoms with Gasteiger partial charge in [-0.25, -0.2) is 9.48 Å². The minimum Gasteiger partial charge on any atom is -0.455 e. The first-order chi connectivity index (χ1) is 16.8. The van der Waals surface area contributed by atoms with Crippen LogP contribution in [0.1, 0.15) is 16.1 Å². The molecule has 5 aromatic rings. The lowest BCUT2D eigenvalue weighted by atomic mass is 10.2. The largest absolute Gasteiger partial charge is 0.455 e. The highest BCUT2D eigenvalue weighted by molar-refractivity contribution is 6.05. The van der Waals surface area contributed by atoms with Crippen molar-refractivity contribution in [2.24, 2.45) is 0 Å². The fourth-order valence-electron chi connectivity index (χ4n) is 3.63. The van der Waals surface area contributed by atoms with Crippen LogP contribution in [0, 0.1) is 0 Å². The lowest BCUT2D eigenvalue weighted by molar-refractivity contribution is -0.143. The predicted molar refractivity (Wildman–Crippen MR) is 122 cm³/mol. The second kappa shape index (κ2) is 8.52. The number of H-pyrrole nitrogens is 2. The number of hydrogen-bond acceptors (Lipinski definition) is 4. The number of amides is 1. The molecule has 3 aromatic carbocycles. The fourth-order valence-corrected chi connectivity index (χ4v) is 3.63. The van der Waals surface area contributed by atoms with Crippen molar-refractivity contribution in [3.05, 3.63) is 101 Å². The van der Waals surface area contributed by atoms with Crippen LogP contribution in [0.3, 0.4) is 0 Å². The van der Waals surface area contributed by atoms with Crippen LogP contribution in [-0.4, -0.2) is 25.7 Å². The summed E-state index contributed by atoms with van der Waals surface area (Å²) < 4.78 is 48.1. The summed E-state index contributed by atoms with van der Waals surface area (Å²) in [5, 5.41) is 6.27. The monoisotopic (exact) mass is 479 g/mol. The van der Waals surface area contributed by atoms with Gasteiger partial charge in [-0.15, -0.1) is 0 Å². The Balaban J connectivity index is 1.43. The number of imidazole rings is 1. The summed E-state index contributed by atoms with van der Waals surface area (Å²) in [5.74, 6) is -0.324. The predicted octanol–water partition coefficient (Wildman–Crippen LogP) is 5.11. The number of benzene rings is 3. The summed E-state index contributed by atoms with van der Waals surface area (Å²) in [4.78, 5) is 29.7. The van der Waals surface area contributed by atoms with Crippen molar-refractivity contribution in [3.63, 3.8) is 0 Å². The lowest BCUT2D eigenvalue weighted by Crippen LogP contribution is -2.20. The molecule has 0 aliphatic carbocycles. The highest BCUT2D eigenvalue weighted by Gasteiger charge is 2.40. The molecule has 0 unspecified atom stereocenters. The third kappa shape index (κ3) is 4.38. The first-order valence-electron chi connectivity index (χ1n) is 10.3. The van der Waals surface area contributed by atoms with E-state index in [-0.39, 0.29) is 11.4 Å². The summed E-state index contributed by atoms with van der Waals surface area (Å²) in [7, 11) is 0. The van der Waals surface area contributed by atoms with E-state index in [1.807, 2.05) is 0 Å². The van der Waals surface area contributed by atoms with Gasteiger partial charge in [-0.3, -0.25) is 4.79 Å². The Labute approximate surface area is 195 Å². The zero-order chi connectivity index (χ0) is 24.6. The lowest BCUT2D eigenvalue weighted by Gasteiger charge is -2.13. The maximum Gasteiger partial charge on any atom is 0.434 e. The molecule has 0 aliphatic rings. The van der Waals surface area contributed by atoms with Crippen LogP contribution in [0.4, 0.5) is 18.9 Å². The Kier molecular flexibility index (Phi) is 5.36. The third-order valence-electron chi connectivity index (χ3n) is 5.12. The van der Waals surface area contributed by atoms with Gasteiger partial charge in [0.25, 0.3) is 5.91 Å². The van der Waals surface area contributed by atoms with Crippen molar-refractivity contribution in [3.8, 4) is 17.2 Å².